The quantitative estimate of drug-likeness (QED) is 0.187. The molecule has 0 aliphatic carbocycles. The zero-order valence-corrected chi connectivity index (χ0v) is 23.7. The summed E-state index contributed by atoms with van der Waals surface area (Å²) in [5.41, 5.74) is 8.41. The van der Waals surface area contributed by atoms with Crippen LogP contribution in [-0.4, -0.2) is 0 Å². The standard InChI is InChI=1S/C34H55N/c1-5-9-11-13-15-17-19-21-31-23-29(7-3)25-33(27-31)35-34-26-30(8-4)24-32(28-34)22-20-18-16-14-12-10-6-2/h23-28,35H,5-22H2,1-4H3. The van der Waals surface area contributed by atoms with Crippen LogP contribution >= 0.6 is 0 Å². The summed E-state index contributed by atoms with van der Waals surface area (Å²) in [7, 11) is 0. The zero-order valence-electron chi connectivity index (χ0n) is 23.7. The topological polar surface area (TPSA) is 12.0 Å². The largest absolute Gasteiger partial charge is 0.355 e. The first kappa shape index (κ1) is 29.5. The van der Waals surface area contributed by atoms with Crippen LogP contribution in [0.3, 0.4) is 0 Å². The number of hydrogen-bond acceptors (Lipinski definition) is 1. The molecule has 0 aliphatic rings. The van der Waals surface area contributed by atoms with E-state index in [0.717, 1.165) is 12.8 Å². The first-order chi connectivity index (χ1) is 17.2. The lowest BCUT2D eigenvalue weighted by atomic mass is 10.00. The lowest BCUT2D eigenvalue weighted by Gasteiger charge is -2.14. The van der Waals surface area contributed by atoms with Crippen molar-refractivity contribution in [3.8, 4) is 0 Å². The van der Waals surface area contributed by atoms with E-state index in [2.05, 4.69) is 69.4 Å². The van der Waals surface area contributed by atoms with Crippen molar-refractivity contribution in [1.82, 2.24) is 0 Å². The fourth-order valence-corrected chi connectivity index (χ4v) is 5.11. The van der Waals surface area contributed by atoms with Crippen LogP contribution in [0.5, 0.6) is 0 Å². The van der Waals surface area contributed by atoms with Crippen molar-refractivity contribution in [3.05, 3.63) is 58.7 Å². The highest BCUT2D eigenvalue weighted by Crippen LogP contribution is 2.25. The molecule has 1 nitrogen and oxygen atoms in total. The van der Waals surface area contributed by atoms with Gasteiger partial charge in [0.05, 0.1) is 0 Å². The average Bonchev–Trinajstić information content (AvgIpc) is 2.87. The first-order valence-electron chi connectivity index (χ1n) is 15.2. The van der Waals surface area contributed by atoms with Crippen molar-refractivity contribution in [2.24, 2.45) is 0 Å². The Morgan fingerprint density at radius 3 is 1.11 bits per heavy atom. The molecule has 0 radical (unpaired) electrons. The van der Waals surface area contributed by atoms with Crippen LogP contribution in [0.2, 0.25) is 0 Å². The lowest BCUT2D eigenvalue weighted by molar-refractivity contribution is 0.589. The van der Waals surface area contributed by atoms with Gasteiger partial charge in [0.25, 0.3) is 0 Å². The third-order valence-corrected chi connectivity index (χ3v) is 7.35. The van der Waals surface area contributed by atoms with Crippen molar-refractivity contribution in [1.29, 1.82) is 0 Å². The molecule has 35 heavy (non-hydrogen) atoms. The minimum absolute atomic E-state index is 1.10. The number of nitrogens with one attached hydrogen (secondary N) is 1. The Morgan fingerprint density at radius 1 is 0.400 bits per heavy atom. The van der Waals surface area contributed by atoms with Crippen LogP contribution in [0.1, 0.15) is 140 Å². The van der Waals surface area contributed by atoms with Crippen molar-refractivity contribution in [2.45, 2.75) is 143 Å². The van der Waals surface area contributed by atoms with Gasteiger partial charge in [-0.3, -0.25) is 0 Å². The highest BCUT2D eigenvalue weighted by molar-refractivity contribution is 5.63. The number of benzene rings is 2. The molecule has 196 valence electrons. The summed E-state index contributed by atoms with van der Waals surface area (Å²) < 4.78 is 0. The third-order valence-electron chi connectivity index (χ3n) is 7.35. The van der Waals surface area contributed by atoms with Gasteiger partial charge in [-0.2, -0.15) is 0 Å². The molecule has 0 aromatic heterocycles. The molecule has 0 bridgehead atoms. The van der Waals surface area contributed by atoms with E-state index in [-0.39, 0.29) is 0 Å². The second kappa shape index (κ2) is 18.5. The summed E-state index contributed by atoms with van der Waals surface area (Å²) in [6, 6.07) is 14.3. The lowest BCUT2D eigenvalue weighted by Crippen LogP contribution is -1.98. The predicted molar refractivity (Wildman–Crippen MR) is 158 cm³/mol. The van der Waals surface area contributed by atoms with Gasteiger partial charge < -0.3 is 5.32 Å². The summed E-state index contributed by atoms with van der Waals surface area (Å²) >= 11 is 0. The summed E-state index contributed by atoms with van der Waals surface area (Å²) in [6.07, 6.45) is 23.8. The van der Waals surface area contributed by atoms with Gasteiger partial charge >= 0.3 is 0 Å². The van der Waals surface area contributed by atoms with Crippen molar-refractivity contribution >= 4 is 11.4 Å². The monoisotopic (exact) mass is 477 g/mol. The Hall–Kier alpha value is -1.76. The van der Waals surface area contributed by atoms with Crippen LogP contribution < -0.4 is 5.32 Å². The number of rotatable bonds is 20. The molecule has 1 heteroatoms. The van der Waals surface area contributed by atoms with Crippen LogP contribution in [0, 0.1) is 0 Å². The number of unbranched alkanes of at least 4 members (excludes halogenated alkanes) is 12. The Labute approximate surface area is 218 Å². The smallest absolute Gasteiger partial charge is 0.0389 e. The molecule has 2 aromatic rings. The van der Waals surface area contributed by atoms with Gasteiger partial charge in [0, 0.05) is 11.4 Å². The summed E-state index contributed by atoms with van der Waals surface area (Å²) in [5, 5.41) is 3.78. The van der Waals surface area contributed by atoms with Gasteiger partial charge in [0.2, 0.25) is 0 Å². The molecule has 0 unspecified atom stereocenters. The van der Waals surface area contributed by atoms with E-state index in [1.807, 2.05) is 0 Å². The Balaban J connectivity index is 1.93. The normalized spacial score (nSPS) is 11.2. The van der Waals surface area contributed by atoms with E-state index in [0.29, 0.717) is 0 Å². The van der Waals surface area contributed by atoms with Gasteiger partial charge in [0.15, 0.2) is 0 Å². The maximum Gasteiger partial charge on any atom is 0.0389 e. The number of anilines is 2. The van der Waals surface area contributed by atoms with Gasteiger partial charge in [-0.15, -0.1) is 0 Å². The fraction of sp³-hybridized carbons (Fsp3) is 0.647. The highest BCUT2D eigenvalue weighted by atomic mass is 14.9. The zero-order chi connectivity index (χ0) is 25.1. The number of aryl methyl sites for hydroxylation is 4. The van der Waals surface area contributed by atoms with Crippen LogP contribution in [0.4, 0.5) is 11.4 Å². The minimum Gasteiger partial charge on any atom is -0.355 e. The highest BCUT2D eigenvalue weighted by Gasteiger charge is 2.05. The molecule has 0 heterocycles. The van der Waals surface area contributed by atoms with Crippen LogP contribution in [0.25, 0.3) is 0 Å². The molecule has 0 aliphatic heterocycles. The van der Waals surface area contributed by atoms with E-state index in [1.165, 1.54) is 136 Å². The molecule has 0 fully saturated rings. The Bertz CT molecular complexity index is 739. The molecule has 0 atom stereocenters. The third kappa shape index (κ3) is 12.7. The van der Waals surface area contributed by atoms with Gasteiger partial charge in [-0.1, -0.05) is 117 Å². The SMILES string of the molecule is CCCCCCCCCc1cc(CC)cc(Nc2cc(CC)cc(CCCCCCCCC)c2)c1. The maximum atomic E-state index is 3.78. The van der Waals surface area contributed by atoms with Crippen molar-refractivity contribution in [3.63, 3.8) is 0 Å². The van der Waals surface area contributed by atoms with Crippen molar-refractivity contribution in [2.75, 3.05) is 5.32 Å². The molecular formula is C34H55N. The van der Waals surface area contributed by atoms with Gasteiger partial charge in [-0.25, -0.2) is 0 Å². The van der Waals surface area contributed by atoms with Gasteiger partial charge in [-0.05, 0) is 85.0 Å². The van der Waals surface area contributed by atoms with E-state index in [1.54, 1.807) is 0 Å². The van der Waals surface area contributed by atoms with Crippen LogP contribution in [-0.2, 0) is 25.7 Å². The molecule has 1 N–H and O–H groups in total. The second-order valence-electron chi connectivity index (χ2n) is 10.7. The predicted octanol–water partition coefficient (Wildman–Crippen LogP) is 11.1. The van der Waals surface area contributed by atoms with Gasteiger partial charge in [0.1, 0.15) is 0 Å². The molecular weight excluding hydrogens is 422 g/mol. The number of hydrogen-bond donors (Lipinski definition) is 1. The summed E-state index contributed by atoms with van der Waals surface area (Å²) in [6.45, 7) is 9.13. The second-order valence-corrected chi connectivity index (χ2v) is 10.7. The molecule has 0 saturated carbocycles. The Kier molecular flexibility index (Phi) is 15.6. The van der Waals surface area contributed by atoms with E-state index in [4.69, 9.17) is 0 Å². The molecule has 0 saturated heterocycles. The van der Waals surface area contributed by atoms with Crippen LogP contribution in [0.15, 0.2) is 36.4 Å². The molecule has 2 aromatic carbocycles. The maximum absolute atomic E-state index is 3.78. The first-order valence-corrected chi connectivity index (χ1v) is 15.2. The van der Waals surface area contributed by atoms with E-state index >= 15 is 0 Å². The minimum atomic E-state index is 1.10. The average molecular weight is 478 g/mol. The van der Waals surface area contributed by atoms with E-state index in [9.17, 15) is 0 Å². The molecule has 0 spiro atoms. The summed E-state index contributed by atoms with van der Waals surface area (Å²) in [5.74, 6) is 0. The fourth-order valence-electron chi connectivity index (χ4n) is 5.11. The molecule has 2 rings (SSSR count). The Morgan fingerprint density at radius 2 is 0.743 bits per heavy atom. The summed E-state index contributed by atoms with van der Waals surface area (Å²) in [4.78, 5) is 0. The van der Waals surface area contributed by atoms with Crippen molar-refractivity contribution < 1.29 is 0 Å². The molecule has 0 amide bonds. The van der Waals surface area contributed by atoms with E-state index < -0.39 is 0 Å².